The van der Waals surface area contributed by atoms with Gasteiger partial charge in [0.25, 0.3) is 0 Å². The van der Waals surface area contributed by atoms with E-state index < -0.39 is 5.97 Å². The van der Waals surface area contributed by atoms with Gasteiger partial charge in [-0.15, -0.1) is 12.4 Å². The number of aromatic carboxylic acids is 1. The summed E-state index contributed by atoms with van der Waals surface area (Å²) in [4.78, 5) is 15.3. The fraction of sp³-hybridized carbons (Fsp3) is 0.273. The Kier molecular flexibility index (Phi) is 2.59. The zero-order valence-corrected chi connectivity index (χ0v) is 9.33. The van der Waals surface area contributed by atoms with Crippen LogP contribution in [-0.2, 0) is 13.0 Å². The number of carboxylic acid groups (broad SMARTS) is 1. The minimum atomic E-state index is -0.884. The zero-order chi connectivity index (χ0) is 10.4. The van der Waals surface area contributed by atoms with Gasteiger partial charge < -0.3 is 9.67 Å². The van der Waals surface area contributed by atoms with E-state index >= 15 is 0 Å². The Hall–Kier alpha value is -1.55. The molecule has 0 spiro atoms. The molecule has 16 heavy (non-hydrogen) atoms. The summed E-state index contributed by atoms with van der Waals surface area (Å²) in [5, 5.41) is 8.90. The summed E-state index contributed by atoms with van der Waals surface area (Å²) in [5.74, 6) is 0.193. The van der Waals surface area contributed by atoms with Gasteiger partial charge in [-0.05, 0) is 24.6 Å². The van der Waals surface area contributed by atoms with Crippen LogP contribution in [0.3, 0.4) is 0 Å². The molecule has 5 heteroatoms. The van der Waals surface area contributed by atoms with Gasteiger partial charge in [0.15, 0.2) is 0 Å². The van der Waals surface area contributed by atoms with Crippen molar-refractivity contribution in [3.05, 3.63) is 29.6 Å². The molecule has 0 bridgehead atoms. The maximum absolute atomic E-state index is 10.8. The third-order valence-corrected chi connectivity index (χ3v) is 2.86. The number of nitrogens with zero attached hydrogens (tertiary/aromatic N) is 2. The van der Waals surface area contributed by atoms with Gasteiger partial charge in [0.05, 0.1) is 16.6 Å². The van der Waals surface area contributed by atoms with E-state index in [2.05, 4.69) is 9.55 Å². The quantitative estimate of drug-likeness (QED) is 0.828. The zero-order valence-electron chi connectivity index (χ0n) is 8.51. The molecule has 4 nitrogen and oxygen atoms in total. The summed E-state index contributed by atoms with van der Waals surface area (Å²) in [6.07, 6.45) is 2.10. The second-order valence-corrected chi connectivity index (χ2v) is 3.79. The number of carbonyl (C=O) groups is 1. The van der Waals surface area contributed by atoms with Crippen molar-refractivity contribution in [3.63, 3.8) is 0 Å². The molecule has 1 aliphatic heterocycles. The Balaban J connectivity index is 0.000000963. The fourth-order valence-electron chi connectivity index (χ4n) is 2.14. The minimum absolute atomic E-state index is 0. The maximum Gasteiger partial charge on any atom is 0.335 e. The van der Waals surface area contributed by atoms with Crippen LogP contribution in [0.15, 0.2) is 18.2 Å². The molecule has 2 aromatic rings. The van der Waals surface area contributed by atoms with Crippen molar-refractivity contribution < 1.29 is 9.90 Å². The monoisotopic (exact) mass is 238 g/mol. The lowest BCUT2D eigenvalue weighted by molar-refractivity contribution is 0.0697. The molecule has 0 radical (unpaired) electrons. The highest BCUT2D eigenvalue weighted by Gasteiger charge is 2.16. The molecule has 1 N–H and O–H groups in total. The van der Waals surface area contributed by atoms with E-state index in [9.17, 15) is 4.79 Å². The SMILES string of the molecule is Cl.O=C(O)c1ccc2nc3n(c2c1)CCC3. The molecule has 3 rings (SSSR count). The number of hydrogen-bond donors (Lipinski definition) is 1. The molecular weight excluding hydrogens is 228 g/mol. The number of aryl methyl sites for hydroxylation is 2. The molecule has 0 amide bonds. The summed E-state index contributed by atoms with van der Waals surface area (Å²) in [7, 11) is 0. The van der Waals surface area contributed by atoms with Crippen LogP contribution in [-0.4, -0.2) is 20.6 Å². The van der Waals surface area contributed by atoms with Crippen LogP contribution >= 0.6 is 12.4 Å². The van der Waals surface area contributed by atoms with Crippen molar-refractivity contribution in [1.29, 1.82) is 0 Å². The normalized spacial score (nSPS) is 13.5. The first kappa shape index (κ1) is 11.0. The van der Waals surface area contributed by atoms with Crippen LogP contribution in [0.5, 0.6) is 0 Å². The van der Waals surface area contributed by atoms with Crippen LogP contribution < -0.4 is 0 Å². The van der Waals surface area contributed by atoms with Gasteiger partial charge in [-0.2, -0.15) is 0 Å². The summed E-state index contributed by atoms with van der Waals surface area (Å²) >= 11 is 0. The van der Waals surface area contributed by atoms with Crippen LogP contribution in [0.1, 0.15) is 22.6 Å². The molecule has 1 aliphatic rings. The lowest BCUT2D eigenvalue weighted by Crippen LogP contribution is -1.97. The number of carboxylic acids is 1. The van der Waals surface area contributed by atoms with Crippen molar-refractivity contribution in [2.24, 2.45) is 0 Å². The lowest BCUT2D eigenvalue weighted by Gasteiger charge is -1.99. The molecule has 1 aromatic carbocycles. The first-order valence-electron chi connectivity index (χ1n) is 4.98. The topological polar surface area (TPSA) is 55.1 Å². The summed E-state index contributed by atoms with van der Waals surface area (Å²) in [5.41, 5.74) is 2.18. The second-order valence-electron chi connectivity index (χ2n) is 3.79. The minimum Gasteiger partial charge on any atom is -0.478 e. The van der Waals surface area contributed by atoms with E-state index in [1.807, 2.05) is 0 Å². The number of halogens is 1. The van der Waals surface area contributed by atoms with Gasteiger partial charge >= 0.3 is 5.97 Å². The van der Waals surface area contributed by atoms with Crippen molar-refractivity contribution in [3.8, 4) is 0 Å². The molecule has 2 heterocycles. The van der Waals surface area contributed by atoms with Crippen LogP contribution in [0.4, 0.5) is 0 Å². The molecule has 84 valence electrons. The van der Waals surface area contributed by atoms with E-state index in [1.165, 1.54) is 0 Å². The molecule has 1 aromatic heterocycles. The molecule has 0 aliphatic carbocycles. The van der Waals surface area contributed by atoms with E-state index in [-0.39, 0.29) is 12.4 Å². The fourth-order valence-corrected chi connectivity index (χ4v) is 2.14. The highest BCUT2D eigenvalue weighted by atomic mass is 35.5. The highest BCUT2D eigenvalue weighted by Crippen LogP contribution is 2.23. The van der Waals surface area contributed by atoms with Crippen LogP contribution in [0.25, 0.3) is 11.0 Å². The van der Waals surface area contributed by atoms with Crippen molar-refractivity contribution in [2.45, 2.75) is 19.4 Å². The van der Waals surface area contributed by atoms with Crippen LogP contribution in [0, 0.1) is 0 Å². The summed E-state index contributed by atoms with van der Waals surface area (Å²) in [6.45, 7) is 0.953. The number of imidazole rings is 1. The Bertz CT molecular complexity index is 562. The number of rotatable bonds is 1. The van der Waals surface area contributed by atoms with Gasteiger partial charge in [-0.25, -0.2) is 9.78 Å². The Labute approximate surface area is 98.3 Å². The Morgan fingerprint density at radius 3 is 3.00 bits per heavy atom. The van der Waals surface area contributed by atoms with E-state index in [1.54, 1.807) is 18.2 Å². The molecule has 0 fully saturated rings. The van der Waals surface area contributed by atoms with Crippen molar-refractivity contribution >= 4 is 29.4 Å². The number of benzene rings is 1. The third kappa shape index (κ3) is 1.46. The van der Waals surface area contributed by atoms with E-state index in [0.29, 0.717) is 5.56 Å². The molecular formula is C11H11ClN2O2. The predicted molar refractivity (Wildman–Crippen MR) is 62.3 cm³/mol. The van der Waals surface area contributed by atoms with Gasteiger partial charge in [0, 0.05) is 13.0 Å². The molecule has 0 atom stereocenters. The predicted octanol–water partition coefficient (Wildman–Crippen LogP) is 2.10. The van der Waals surface area contributed by atoms with Crippen molar-refractivity contribution in [2.75, 3.05) is 0 Å². The van der Waals surface area contributed by atoms with Crippen LogP contribution in [0.2, 0.25) is 0 Å². The Morgan fingerprint density at radius 2 is 2.25 bits per heavy atom. The summed E-state index contributed by atoms with van der Waals surface area (Å²) in [6, 6.07) is 5.09. The number of aromatic nitrogens is 2. The molecule has 0 saturated heterocycles. The number of hydrogen-bond acceptors (Lipinski definition) is 2. The second kappa shape index (κ2) is 3.79. The average molecular weight is 239 g/mol. The lowest BCUT2D eigenvalue weighted by atomic mass is 10.2. The standard InChI is InChI=1S/C11H10N2O2.ClH/c14-11(15)7-3-4-8-9(6-7)13-5-1-2-10(13)12-8;/h3-4,6H,1-2,5H2,(H,14,15);1H. The smallest absolute Gasteiger partial charge is 0.335 e. The van der Waals surface area contributed by atoms with E-state index in [0.717, 1.165) is 36.2 Å². The first-order valence-corrected chi connectivity index (χ1v) is 4.98. The van der Waals surface area contributed by atoms with E-state index in [4.69, 9.17) is 5.11 Å². The number of fused-ring (bicyclic) bond motifs is 3. The Morgan fingerprint density at radius 1 is 1.44 bits per heavy atom. The van der Waals surface area contributed by atoms with Gasteiger partial charge in [-0.3, -0.25) is 0 Å². The molecule has 0 saturated carbocycles. The van der Waals surface area contributed by atoms with Gasteiger partial charge in [-0.1, -0.05) is 0 Å². The maximum atomic E-state index is 10.8. The van der Waals surface area contributed by atoms with Gasteiger partial charge in [0.2, 0.25) is 0 Å². The highest BCUT2D eigenvalue weighted by molar-refractivity contribution is 5.92. The third-order valence-electron chi connectivity index (χ3n) is 2.86. The van der Waals surface area contributed by atoms with Gasteiger partial charge in [0.1, 0.15) is 5.82 Å². The largest absolute Gasteiger partial charge is 0.478 e. The average Bonchev–Trinajstić information content (AvgIpc) is 2.75. The summed E-state index contributed by atoms with van der Waals surface area (Å²) < 4.78 is 2.11. The first-order chi connectivity index (χ1) is 7.25. The molecule has 0 unspecified atom stereocenters. The van der Waals surface area contributed by atoms with Crippen molar-refractivity contribution in [1.82, 2.24) is 9.55 Å².